The Morgan fingerprint density at radius 3 is 2.33 bits per heavy atom. The zero-order valence-corrected chi connectivity index (χ0v) is 10.1. The van der Waals surface area contributed by atoms with Crippen LogP contribution in [0.2, 0.25) is 0 Å². The van der Waals surface area contributed by atoms with E-state index in [4.69, 9.17) is 5.14 Å². The molecule has 0 aliphatic heterocycles. The number of pyridine rings is 1. The largest absolute Gasteiger partial charge is 0.573 e. The van der Waals surface area contributed by atoms with Crippen molar-refractivity contribution in [2.24, 2.45) is 5.14 Å². The number of primary sulfonamides is 1. The summed E-state index contributed by atoms with van der Waals surface area (Å²) in [6.07, 6.45) is -5.00. The number of ether oxygens (including phenoxy) is 2. The van der Waals surface area contributed by atoms with Gasteiger partial charge in [-0.3, -0.25) is 0 Å². The fourth-order valence-electron chi connectivity index (χ4n) is 1.18. The predicted octanol–water partition coefficient (Wildman–Crippen LogP) is 0.945. The maximum absolute atomic E-state index is 12.1. The van der Waals surface area contributed by atoms with Crippen LogP contribution in [-0.2, 0) is 10.0 Å². The van der Waals surface area contributed by atoms with Gasteiger partial charge in [0.1, 0.15) is 4.90 Å². The minimum Gasteiger partial charge on any atom is -0.478 e. The van der Waals surface area contributed by atoms with Crippen LogP contribution in [0.25, 0.3) is 0 Å². The quantitative estimate of drug-likeness (QED) is 0.893. The molecule has 0 saturated heterocycles. The SMILES string of the molecule is COc1nc(C)c(S(N)(=O)=O)cc1OC(F)(F)F. The first-order valence-corrected chi connectivity index (χ1v) is 5.93. The fraction of sp³-hybridized carbons (Fsp3) is 0.375. The Labute approximate surface area is 101 Å². The van der Waals surface area contributed by atoms with E-state index in [0.29, 0.717) is 6.07 Å². The number of rotatable bonds is 3. The van der Waals surface area contributed by atoms with Gasteiger partial charge in [0.25, 0.3) is 5.88 Å². The van der Waals surface area contributed by atoms with E-state index in [1.165, 1.54) is 6.92 Å². The molecule has 1 aromatic rings. The minimum atomic E-state index is -5.00. The third-order valence-corrected chi connectivity index (χ3v) is 2.85. The molecule has 0 atom stereocenters. The summed E-state index contributed by atoms with van der Waals surface area (Å²) in [6, 6.07) is 0.615. The number of sulfonamides is 1. The van der Waals surface area contributed by atoms with E-state index in [1.807, 2.05) is 0 Å². The number of methoxy groups -OCH3 is 1. The van der Waals surface area contributed by atoms with E-state index in [0.717, 1.165) is 7.11 Å². The van der Waals surface area contributed by atoms with E-state index in [-0.39, 0.29) is 5.69 Å². The molecule has 10 heteroatoms. The second kappa shape index (κ2) is 4.61. The molecule has 1 aromatic heterocycles. The summed E-state index contributed by atoms with van der Waals surface area (Å²) < 4.78 is 66.7. The summed E-state index contributed by atoms with van der Waals surface area (Å²) >= 11 is 0. The topological polar surface area (TPSA) is 91.5 Å². The van der Waals surface area contributed by atoms with Gasteiger partial charge in [-0.1, -0.05) is 0 Å². The molecule has 102 valence electrons. The maximum Gasteiger partial charge on any atom is 0.573 e. The molecular weight excluding hydrogens is 277 g/mol. The lowest BCUT2D eigenvalue weighted by Gasteiger charge is -2.13. The Morgan fingerprint density at radius 2 is 1.94 bits per heavy atom. The van der Waals surface area contributed by atoms with E-state index in [2.05, 4.69) is 14.5 Å². The summed E-state index contributed by atoms with van der Waals surface area (Å²) in [5.74, 6) is -1.36. The van der Waals surface area contributed by atoms with Crippen molar-refractivity contribution in [3.8, 4) is 11.6 Å². The molecule has 6 nitrogen and oxygen atoms in total. The van der Waals surface area contributed by atoms with Crippen LogP contribution in [0, 0.1) is 6.92 Å². The Morgan fingerprint density at radius 1 is 1.39 bits per heavy atom. The molecule has 1 rings (SSSR count). The third kappa shape index (κ3) is 3.47. The molecule has 0 amide bonds. The number of hydrogen-bond acceptors (Lipinski definition) is 5. The van der Waals surface area contributed by atoms with E-state index >= 15 is 0 Å². The van der Waals surface area contributed by atoms with E-state index in [9.17, 15) is 21.6 Å². The normalized spacial score (nSPS) is 12.3. The van der Waals surface area contributed by atoms with Crippen LogP contribution < -0.4 is 14.6 Å². The van der Waals surface area contributed by atoms with Gasteiger partial charge in [0.05, 0.1) is 12.8 Å². The number of hydrogen-bond donors (Lipinski definition) is 1. The highest BCUT2D eigenvalue weighted by Crippen LogP contribution is 2.33. The molecule has 0 fully saturated rings. The van der Waals surface area contributed by atoms with Gasteiger partial charge < -0.3 is 9.47 Å². The third-order valence-electron chi connectivity index (χ3n) is 1.82. The Bertz CT molecular complexity index is 556. The van der Waals surface area contributed by atoms with Gasteiger partial charge in [-0.25, -0.2) is 18.5 Å². The van der Waals surface area contributed by atoms with Crippen molar-refractivity contribution in [1.82, 2.24) is 4.98 Å². The maximum atomic E-state index is 12.1. The summed E-state index contributed by atoms with van der Waals surface area (Å²) in [5.41, 5.74) is -0.0936. The van der Waals surface area contributed by atoms with Crippen molar-refractivity contribution in [1.29, 1.82) is 0 Å². The molecule has 0 aliphatic rings. The minimum absolute atomic E-state index is 0.0936. The molecule has 0 saturated carbocycles. The van der Waals surface area contributed by atoms with Gasteiger partial charge in [-0.05, 0) is 6.92 Å². The van der Waals surface area contributed by atoms with Crippen LogP contribution in [0.15, 0.2) is 11.0 Å². The van der Waals surface area contributed by atoms with Crippen LogP contribution in [0.3, 0.4) is 0 Å². The van der Waals surface area contributed by atoms with Gasteiger partial charge in [0.15, 0.2) is 5.75 Å². The predicted molar refractivity (Wildman–Crippen MR) is 53.6 cm³/mol. The van der Waals surface area contributed by atoms with Crippen molar-refractivity contribution in [2.45, 2.75) is 18.2 Å². The number of nitrogens with two attached hydrogens (primary N) is 1. The van der Waals surface area contributed by atoms with Gasteiger partial charge in [0, 0.05) is 6.07 Å². The lowest BCUT2D eigenvalue weighted by molar-refractivity contribution is -0.275. The molecule has 0 spiro atoms. The highest BCUT2D eigenvalue weighted by atomic mass is 32.2. The summed E-state index contributed by atoms with van der Waals surface area (Å²) in [6.45, 7) is 1.26. The van der Waals surface area contributed by atoms with Gasteiger partial charge in [0.2, 0.25) is 10.0 Å². The molecule has 0 aromatic carbocycles. The smallest absolute Gasteiger partial charge is 0.478 e. The summed E-state index contributed by atoms with van der Waals surface area (Å²) in [4.78, 5) is 2.97. The number of nitrogens with zero attached hydrogens (tertiary/aromatic N) is 1. The Balaban J connectivity index is 3.41. The van der Waals surface area contributed by atoms with E-state index < -0.39 is 32.9 Å². The molecule has 18 heavy (non-hydrogen) atoms. The monoisotopic (exact) mass is 286 g/mol. The number of aromatic nitrogens is 1. The molecule has 0 unspecified atom stereocenters. The second-order valence-corrected chi connectivity index (χ2v) is 4.70. The Kier molecular flexibility index (Phi) is 3.72. The van der Waals surface area contributed by atoms with E-state index in [1.54, 1.807) is 0 Å². The van der Waals surface area contributed by atoms with Crippen LogP contribution in [0.1, 0.15) is 5.69 Å². The highest BCUT2D eigenvalue weighted by Gasteiger charge is 2.34. The molecular formula is C8H9F3N2O4S. The first-order valence-electron chi connectivity index (χ1n) is 4.39. The summed E-state index contributed by atoms with van der Waals surface area (Å²) in [7, 11) is -3.13. The van der Waals surface area contributed by atoms with Gasteiger partial charge in [-0.2, -0.15) is 0 Å². The fourth-order valence-corrected chi connectivity index (χ4v) is 1.91. The molecule has 1 heterocycles. The molecule has 0 radical (unpaired) electrons. The van der Waals surface area contributed by atoms with Crippen molar-refractivity contribution in [3.05, 3.63) is 11.8 Å². The number of alkyl halides is 3. The average molecular weight is 286 g/mol. The Hall–Kier alpha value is -1.55. The average Bonchev–Trinajstić information content (AvgIpc) is 2.16. The second-order valence-electron chi connectivity index (χ2n) is 3.17. The van der Waals surface area contributed by atoms with Crippen molar-refractivity contribution >= 4 is 10.0 Å². The molecule has 0 bridgehead atoms. The number of aryl methyl sites for hydroxylation is 1. The van der Waals surface area contributed by atoms with Crippen molar-refractivity contribution < 1.29 is 31.1 Å². The van der Waals surface area contributed by atoms with Crippen molar-refractivity contribution in [2.75, 3.05) is 7.11 Å². The first kappa shape index (κ1) is 14.5. The molecule has 2 N–H and O–H groups in total. The van der Waals surface area contributed by atoms with Gasteiger partial charge >= 0.3 is 6.36 Å². The standard InChI is InChI=1S/C8H9F3N2O4S/c1-4-6(18(12,14)15)3-5(7(13-4)16-2)17-8(9,10)11/h3H,1-2H3,(H2,12,14,15). The first-order chi connectivity index (χ1) is 8.04. The lowest BCUT2D eigenvalue weighted by Crippen LogP contribution is -2.20. The summed E-state index contributed by atoms with van der Waals surface area (Å²) in [5, 5.41) is 4.84. The van der Waals surface area contributed by atoms with Crippen LogP contribution in [0.5, 0.6) is 11.6 Å². The van der Waals surface area contributed by atoms with Crippen LogP contribution in [-0.4, -0.2) is 26.9 Å². The molecule has 0 aliphatic carbocycles. The number of halogens is 3. The van der Waals surface area contributed by atoms with Crippen LogP contribution in [0.4, 0.5) is 13.2 Å². The lowest BCUT2D eigenvalue weighted by atomic mass is 10.3. The highest BCUT2D eigenvalue weighted by molar-refractivity contribution is 7.89. The van der Waals surface area contributed by atoms with Crippen molar-refractivity contribution in [3.63, 3.8) is 0 Å². The zero-order valence-electron chi connectivity index (χ0n) is 9.28. The zero-order chi connectivity index (χ0) is 14.1. The van der Waals surface area contributed by atoms with Gasteiger partial charge in [-0.15, -0.1) is 13.2 Å². The van der Waals surface area contributed by atoms with Crippen LogP contribution >= 0.6 is 0 Å².